The summed E-state index contributed by atoms with van der Waals surface area (Å²) < 4.78 is 12.1. The predicted molar refractivity (Wildman–Crippen MR) is 94.3 cm³/mol. The maximum atomic E-state index is 11.5. The number of halogens is 2. The molecule has 0 saturated carbocycles. The lowest BCUT2D eigenvalue weighted by Gasteiger charge is -2.05. The van der Waals surface area contributed by atoms with Gasteiger partial charge in [-0.25, -0.2) is 0 Å². The first kappa shape index (κ1) is 15.3. The van der Waals surface area contributed by atoms with Crippen LogP contribution in [0.3, 0.4) is 0 Å². The fourth-order valence-electron chi connectivity index (χ4n) is 2.08. The third-order valence-electron chi connectivity index (χ3n) is 3.13. The molecule has 2 aromatic carbocycles. The van der Waals surface area contributed by atoms with Crippen molar-refractivity contribution in [2.45, 2.75) is 0 Å². The summed E-state index contributed by atoms with van der Waals surface area (Å²) in [5.41, 5.74) is 1.24. The molecule has 0 amide bonds. The van der Waals surface area contributed by atoms with Gasteiger partial charge in [-0.3, -0.25) is 10.1 Å². The molecule has 112 valence electrons. The number of fused-ring (bicyclic) bond motifs is 1. The Morgan fingerprint density at radius 1 is 1.27 bits per heavy atom. The lowest BCUT2D eigenvalue weighted by molar-refractivity contribution is -0.374. The average molecular weight is 474 g/mol. The minimum Gasteiger partial charge on any atom is -0.454 e. The van der Waals surface area contributed by atoms with Crippen molar-refractivity contribution >= 4 is 50.3 Å². The van der Waals surface area contributed by atoms with Crippen LogP contribution in [0.25, 0.3) is 11.8 Å². The molecule has 1 aliphatic heterocycles. The van der Waals surface area contributed by atoms with Gasteiger partial charge in [-0.15, -0.1) is 0 Å². The Bertz CT molecular complexity index is 791. The number of rotatable bonds is 3. The highest BCUT2D eigenvalue weighted by Gasteiger charge is 2.24. The van der Waals surface area contributed by atoms with Gasteiger partial charge in [0.25, 0.3) is 5.70 Å². The molecular weight excluding hydrogens is 465 g/mol. The first-order valence-electron chi connectivity index (χ1n) is 6.26. The number of hydrogen-bond donors (Lipinski definition) is 0. The molecule has 0 spiro atoms. The summed E-state index contributed by atoms with van der Waals surface area (Å²) in [5, 5.41) is 11.5. The molecule has 2 aromatic rings. The van der Waals surface area contributed by atoms with Crippen molar-refractivity contribution in [3.05, 3.63) is 65.7 Å². The Labute approximate surface area is 148 Å². The SMILES string of the molecule is O=[N+]([O-])C(=Cc1ccccc1I)c1cc2c(cc1Br)OCO2. The van der Waals surface area contributed by atoms with Crippen LogP contribution >= 0.6 is 38.5 Å². The van der Waals surface area contributed by atoms with Gasteiger partial charge in [0.05, 0.1) is 10.5 Å². The van der Waals surface area contributed by atoms with Gasteiger partial charge in [0.1, 0.15) is 0 Å². The van der Waals surface area contributed by atoms with E-state index in [1.807, 2.05) is 24.3 Å². The molecule has 1 aliphatic rings. The Morgan fingerprint density at radius 2 is 1.95 bits per heavy atom. The molecule has 0 bridgehead atoms. The largest absolute Gasteiger partial charge is 0.454 e. The second-order valence-corrected chi connectivity index (χ2v) is 6.51. The van der Waals surface area contributed by atoms with E-state index in [-0.39, 0.29) is 12.5 Å². The Balaban J connectivity index is 2.14. The van der Waals surface area contributed by atoms with Gasteiger partial charge >= 0.3 is 0 Å². The Morgan fingerprint density at radius 3 is 2.64 bits per heavy atom. The van der Waals surface area contributed by atoms with E-state index in [2.05, 4.69) is 38.5 Å². The van der Waals surface area contributed by atoms with Crippen LogP contribution in [0.5, 0.6) is 11.5 Å². The number of ether oxygens (including phenoxy) is 2. The second kappa shape index (κ2) is 6.25. The minimum atomic E-state index is -0.397. The molecule has 7 heteroatoms. The van der Waals surface area contributed by atoms with Crippen molar-refractivity contribution in [1.29, 1.82) is 0 Å². The summed E-state index contributed by atoms with van der Waals surface area (Å²) in [5.74, 6) is 1.08. The molecule has 0 fully saturated rings. The molecule has 0 aliphatic carbocycles. The summed E-state index contributed by atoms with van der Waals surface area (Å²) in [6.07, 6.45) is 1.56. The van der Waals surface area contributed by atoms with Gasteiger partial charge < -0.3 is 9.47 Å². The average Bonchev–Trinajstić information content (AvgIpc) is 2.92. The van der Waals surface area contributed by atoms with Gasteiger partial charge in [0.15, 0.2) is 11.5 Å². The van der Waals surface area contributed by atoms with Crippen molar-refractivity contribution in [2.24, 2.45) is 0 Å². The zero-order chi connectivity index (χ0) is 15.7. The van der Waals surface area contributed by atoms with E-state index < -0.39 is 4.92 Å². The van der Waals surface area contributed by atoms with E-state index in [4.69, 9.17) is 9.47 Å². The van der Waals surface area contributed by atoms with Crippen LogP contribution in [0.1, 0.15) is 11.1 Å². The molecule has 0 saturated heterocycles. The summed E-state index contributed by atoms with van der Waals surface area (Å²) >= 11 is 5.52. The quantitative estimate of drug-likeness (QED) is 0.284. The molecule has 3 rings (SSSR count). The van der Waals surface area contributed by atoms with Crippen molar-refractivity contribution in [3.8, 4) is 11.5 Å². The fourth-order valence-corrected chi connectivity index (χ4v) is 3.15. The molecule has 5 nitrogen and oxygen atoms in total. The monoisotopic (exact) mass is 473 g/mol. The number of benzene rings is 2. The summed E-state index contributed by atoms with van der Waals surface area (Å²) in [6.45, 7) is 0.124. The number of nitro groups is 1. The highest BCUT2D eigenvalue weighted by Crippen LogP contribution is 2.40. The topological polar surface area (TPSA) is 61.6 Å². The van der Waals surface area contributed by atoms with Crippen LogP contribution in [-0.2, 0) is 0 Å². The molecular formula is C15H9BrINO4. The van der Waals surface area contributed by atoms with Gasteiger partial charge in [0, 0.05) is 14.1 Å². The van der Waals surface area contributed by atoms with Crippen molar-refractivity contribution in [2.75, 3.05) is 6.79 Å². The highest BCUT2D eigenvalue weighted by molar-refractivity contribution is 14.1. The Kier molecular flexibility index (Phi) is 4.34. The first-order chi connectivity index (χ1) is 10.6. The van der Waals surface area contributed by atoms with Crippen molar-refractivity contribution in [3.63, 3.8) is 0 Å². The van der Waals surface area contributed by atoms with Crippen LogP contribution in [0.4, 0.5) is 0 Å². The standard InChI is InChI=1S/C15H9BrINO4/c16-11-7-15-14(21-8-22-15)6-10(11)13(18(19)20)5-9-3-1-2-4-12(9)17/h1-7H,8H2. The maximum Gasteiger partial charge on any atom is 0.278 e. The number of nitrogens with zero attached hydrogens (tertiary/aromatic N) is 1. The van der Waals surface area contributed by atoms with E-state index >= 15 is 0 Å². The van der Waals surface area contributed by atoms with Gasteiger partial charge in [-0.2, -0.15) is 0 Å². The zero-order valence-electron chi connectivity index (χ0n) is 11.1. The van der Waals surface area contributed by atoms with Crippen molar-refractivity contribution < 1.29 is 14.4 Å². The fraction of sp³-hybridized carbons (Fsp3) is 0.0667. The minimum absolute atomic E-state index is 0.00529. The second-order valence-electron chi connectivity index (χ2n) is 4.49. The Hall–Kier alpha value is -1.61. The lowest BCUT2D eigenvalue weighted by atomic mass is 10.1. The van der Waals surface area contributed by atoms with Gasteiger partial charge in [-0.05, 0) is 62.3 Å². The third-order valence-corrected chi connectivity index (χ3v) is 4.77. The van der Waals surface area contributed by atoms with E-state index in [1.54, 1.807) is 18.2 Å². The molecule has 1 heterocycles. The highest BCUT2D eigenvalue weighted by atomic mass is 127. The van der Waals surface area contributed by atoms with Gasteiger partial charge in [-0.1, -0.05) is 18.2 Å². The molecule has 0 radical (unpaired) electrons. The van der Waals surface area contributed by atoms with E-state index in [0.717, 1.165) is 9.13 Å². The van der Waals surface area contributed by atoms with E-state index in [1.165, 1.54) is 0 Å². The zero-order valence-corrected chi connectivity index (χ0v) is 14.8. The normalized spacial score (nSPS) is 13.3. The van der Waals surface area contributed by atoms with E-state index in [0.29, 0.717) is 21.5 Å². The molecule has 0 unspecified atom stereocenters. The van der Waals surface area contributed by atoms with E-state index in [9.17, 15) is 10.1 Å². The molecule has 22 heavy (non-hydrogen) atoms. The van der Waals surface area contributed by atoms with Crippen molar-refractivity contribution in [1.82, 2.24) is 0 Å². The summed E-state index contributed by atoms with van der Waals surface area (Å²) in [4.78, 5) is 11.1. The van der Waals surface area contributed by atoms with Gasteiger partial charge in [0.2, 0.25) is 6.79 Å². The predicted octanol–water partition coefficient (Wildman–Crippen LogP) is 4.56. The van der Waals surface area contributed by atoms with Crippen LogP contribution in [0.2, 0.25) is 0 Å². The van der Waals surface area contributed by atoms with Crippen LogP contribution in [-0.4, -0.2) is 11.7 Å². The third kappa shape index (κ3) is 2.95. The smallest absolute Gasteiger partial charge is 0.278 e. The summed E-state index contributed by atoms with van der Waals surface area (Å²) in [6, 6.07) is 10.8. The lowest BCUT2D eigenvalue weighted by Crippen LogP contribution is -1.99. The van der Waals surface area contributed by atoms with Crippen LogP contribution in [0.15, 0.2) is 40.9 Å². The summed E-state index contributed by atoms with van der Waals surface area (Å²) in [7, 11) is 0. The first-order valence-corrected chi connectivity index (χ1v) is 8.13. The molecule has 0 aromatic heterocycles. The van der Waals surface area contributed by atoms with Crippen LogP contribution < -0.4 is 9.47 Å². The maximum absolute atomic E-state index is 11.5. The molecule has 0 N–H and O–H groups in total. The number of hydrogen-bond acceptors (Lipinski definition) is 4. The molecule has 0 atom stereocenters. The van der Waals surface area contributed by atoms with Crippen LogP contribution in [0, 0.1) is 13.7 Å².